The minimum Gasteiger partial charge on any atom is -0.399 e. The standard InChI is InChI=1S/C14H18N4O2/c1-17(2)13(19)8-18(3)14(20)11-7-16-12-5-4-9(15)6-10(11)12/h4-7,16H,8,15H2,1-3H3. The number of hydrogen-bond acceptors (Lipinski definition) is 3. The Hall–Kier alpha value is -2.50. The van der Waals surface area contributed by atoms with E-state index < -0.39 is 0 Å². The molecule has 0 bridgehead atoms. The molecule has 0 aliphatic rings. The van der Waals surface area contributed by atoms with Crippen LogP contribution in [0.4, 0.5) is 5.69 Å². The van der Waals surface area contributed by atoms with Crippen molar-refractivity contribution in [3.8, 4) is 0 Å². The Morgan fingerprint density at radius 3 is 2.60 bits per heavy atom. The third-order valence-electron chi connectivity index (χ3n) is 3.15. The molecule has 2 amide bonds. The van der Waals surface area contributed by atoms with Gasteiger partial charge in [-0.15, -0.1) is 0 Å². The Morgan fingerprint density at radius 2 is 1.95 bits per heavy atom. The predicted octanol–water partition coefficient (Wildman–Crippen LogP) is 0.910. The predicted molar refractivity (Wildman–Crippen MR) is 78.4 cm³/mol. The number of H-pyrrole nitrogens is 1. The van der Waals surface area contributed by atoms with E-state index in [1.807, 2.05) is 6.07 Å². The molecule has 6 heteroatoms. The lowest BCUT2D eigenvalue weighted by Crippen LogP contribution is -2.37. The molecule has 1 aromatic heterocycles. The van der Waals surface area contributed by atoms with Crippen LogP contribution in [0.5, 0.6) is 0 Å². The maximum absolute atomic E-state index is 12.4. The van der Waals surface area contributed by atoms with Gasteiger partial charge in [0.15, 0.2) is 0 Å². The molecule has 0 aliphatic carbocycles. The van der Waals surface area contributed by atoms with Crippen LogP contribution >= 0.6 is 0 Å². The number of amides is 2. The summed E-state index contributed by atoms with van der Waals surface area (Å²) in [6, 6.07) is 5.35. The van der Waals surface area contributed by atoms with E-state index in [1.54, 1.807) is 39.5 Å². The normalized spacial score (nSPS) is 10.6. The van der Waals surface area contributed by atoms with Crippen LogP contribution in [0.3, 0.4) is 0 Å². The number of benzene rings is 1. The third kappa shape index (κ3) is 2.59. The second-order valence-corrected chi connectivity index (χ2v) is 4.96. The first-order chi connectivity index (χ1) is 9.40. The van der Waals surface area contributed by atoms with Gasteiger partial charge < -0.3 is 20.5 Å². The summed E-state index contributed by atoms with van der Waals surface area (Å²) in [5.41, 5.74) is 7.70. The number of carbonyl (C=O) groups excluding carboxylic acids is 2. The van der Waals surface area contributed by atoms with Crippen molar-refractivity contribution < 1.29 is 9.59 Å². The first-order valence-corrected chi connectivity index (χ1v) is 6.22. The summed E-state index contributed by atoms with van der Waals surface area (Å²) >= 11 is 0. The van der Waals surface area contributed by atoms with Crippen LogP contribution in [0.2, 0.25) is 0 Å². The van der Waals surface area contributed by atoms with Crippen LogP contribution in [-0.2, 0) is 4.79 Å². The molecule has 0 saturated heterocycles. The number of hydrogen-bond donors (Lipinski definition) is 2. The van der Waals surface area contributed by atoms with Crippen LogP contribution in [0.15, 0.2) is 24.4 Å². The number of aromatic nitrogens is 1. The molecule has 0 aliphatic heterocycles. The molecule has 0 saturated carbocycles. The number of fused-ring (bicyclic) bond motifs is 1. The number of nitrogens with one attached hydrogen (secondary N) is 1. The summed E-state index contributed by atoms with van der Waals surface area (Å²) in [5, 5.41) is 0.763. The van der Waals surface area contributed by atoms with Crippen molar-refractivity contribution in [1.29, 1.82) is 0 Å². The maximum Gasteiger partial charge on any atom is 0.256 e. The van der Waals surface area contributed by atoms with Gasteiger partial charge in [0, 0.05) is 43.9 Å². The first-order valence-electron chi connectivity index (χ1n) is 6.22. The van der Waals surface area contributed by atoms with Crippen molar-refractivity contribution in [2.24, 2.45) is 0 Å². The van der Waals surface area contributed by atoms with Gasteiger partial charge in [-0.2, -0.15) is 0 Å². The van der Waals surface area contributed by atoms with Gasteiger partial charge in [0.05, 0.1) is 12.1 Å². The second kappa shape index (κ2) is 5.24. The molecule has 0 spiro atoms. The number of likely N-dealkylation sites (N-methyl/N-ethyl adjacent to an activating group) is 2. The fraction of sp³-hybridized carbons (Fsp3) is 0.286. The van der Waals surface area contributed by atoms with Gasteiger partial charge in [-0.25, -0.2) is 0 Å². The summed E-state index contributed by atoms with van der Waals surface area (Å²) in [6.07, 6.45) is 1.64. The molecule has 0 radical (unpaired) electrons. The summed E-state index contributed by atoms with van der Waals surface area (Å²) in [4.78, 5) is 29.9. The molecule has 106 valence electrons. The molecule has 2 aromatic rings. The van der Waals surface area contributed by atoms with Crippen molar-refractivity contribution in [3.63, 3.8) is 0 Å². The van der Waals surface area contributed by atoms with E-state index in [0.29, 0.717) is 11.3 Å². The number of aromatic amines is 1. The van der Waals surface area contributed by atoms with E-state index in [2.05, 4.69) is 4.98 Å². The summed E-state index contributed by atoms with van der Waals surface area (Å²) in [5.74, 6) is -0.336. The minimum absolute atomic E-state index is 0.0425. The van der Waals surface area contributed by atoms with E-state index in [1.165, 1.54) is 9.80 Å². The van der Waals surface area contributed by atoms with Crippen molar-refractivity contribution in [2.45, 2.75) is 0 Å². The highest BCUT2D eigenvalue weighted by Gasteiger charge is 2.19. The van der Waals surface area contributed by atoms with E-state index in [4.69, 9.17) is 5.73 Å². The molecule has 2 rings (SSSR count). The Balaban J connectivity index is 2.27. The average molecular weight is 274 g/mol. The van der Waals surface area contributed by atoms with Crippen LogP contribution in [0.1, 0.15) is 10.4 Å². The van der Waals surface area contributed by atoms with E-state index in [-0.39, 0.29) is 18.4 Å². The zero-order valence-electron chi connectivity index (χ0n) is 11.8. The lowest BCUT2D eigenvalue weighted by Gasteiger charge is -2.19. The highest BCUT2D eigenvalue weighted by molar-refractivity contribution is 6.08. The largest absolute Gasteiger partial charge is 0.399 e. The number of nitrogens with two attached hydrogens (primary N) is 1. The van der Waals surface area contributed by atoms with Crippen molar-refractivity contribution in [3.05, 3.63) is 30.0 Å². The molecular weight excluding hydrogens is 256 g/mol. The third-order valence-corrected chi connectivity index (χ3v) is 3.15. The lowest BCUT2D eigenvalue weighted by molar-refractivity contribution is -0.129. The first kappa shape index (κ1) is 13.9. The van der Waals surface area contributed by atoms with E-state index >= 15 is 0 Å². The molecule has 0 atom stereocenters. The van der Waals surface area contributed by atoms with Crippen LogP contribution in [-0.4, -0.2) is 54.3 Å². The van der Waals surface area contributed by atoms with Crippen LogP contribution in [0, 0.1) is 0 Å². The molecule has 20 heavy (non-hydrogen) atoms. The van der Waals surface area contributed by atoms with Gasteiger partial charge in [-0.05, 0) is 18.2 Å². The number of carbonyl (C=O) groups is 2. The molecule has 0 fully saturated rings. The van der Waals surface area contributed by atoms with Crippen molar-refractivity contribution in [1.82, 2.24) is 14.8 Å². The SMILES string of the molecule is CN(C)C(=O)CN(C)C(=O)c1c[nH]c2ccc(N)cc12. The Labute approximate surface area is 117 Å². The van der Waals surface area contributed by atoms with Gasteiger partial charge in [0.2, 0.25) is 5.91 Å². The van der Waals surface area contributed by atoms with Crippen LogP contribution in [0.25, 0.3) is 10.9 Å². The fourth-order valence-electron chi connectivity index (χ4n) is 1.94. The zero-order valence-corrected chi connectivity index (χ0v) is 11.8. The fourth-order valence-corrected chi connectivity index (χ4v) is 1.94. The van der Waals surface area contributed by atoms with Gasteiger partial charge in [-0.3, -0.25) is 9.59 Å². The number of rotatable bonds is 3. The Kier molecular flexibility index (Phi) is 3.65. The number of anilines is 1. The van der Waals surface area contributed by atoms with Gasteiger partial charge in [0.25, 0.3) is 5.91 Å². The van der Waals surface area contributed by atoms with Gasteiger partial charge >= 0.3 is 0 Å². The van der Waals surface area contributed by atoms with E-state index in [9.17, 15) is 9.59 Å². The number of nitrogens with zero attached hydrogens (tertiary/aromatic N) is 2. The molecule has 6 nitrogen and oxygen atoms in total. The highest BCUT2D eigenvalue weighted by atomic mass is 16.2. The lowest BCUT2D eigenvalue weighted by atomic mass is 10.1. The van der Waals surface area contributed by atoms with Gasteiger partial charge in [0.1, 0.15) is 0 Å². The molecule has 3 N–H and O–H groups in total. The molecular formula is C14H18N4O2. The highest BCUT2D eigenvalue weighted by Crippen LogP contribution is 2.21. The van der Waals surface area contributed by atoms with Gasteiger partial charge in [-0.1, -0.05) is 0 Å². The average Bonchev–Trinajstić information content (AvgIpc) is 2.80. The molecule has 0 unspecified atom stereocenters. The number of nitrogen functional groups attached to an aromatic ring is 1. The maximum atomic E-state index is 12.4. The van der Waals surface area contributed by atoms with Crippen molar-refractivity contribution >= 4 is 28.4 Å². The Morgan fingerprint density at radius 1 is 1.25 bits per heavy atom. The molecule has 1 heterocycles. The second-order valence-electron chi connectivity index (χ2n) is 4.96. The topological polar surface area (TPSA) is 82.4 Å². The van der Waals surface area contributed by atoms with Crippen molar-refractivity contribution in [2.75, 3.05) is 33.4 Å². The van der Waals surface area contributed by atoms with Crippen LogP contribution < -0.4 is 5.73 Å². The smallest absolute Gasteiger partial charge is 0.256 e. The minimum atomic E-state index is -0.211. The summed E-state index contributed by atoms with van der Waals surface area (Å²) in [7, 11) is 4.93. The molecule has 1 aromatic carbocycles. The summed E-state index contributed by atoms with van der Waals surface area (Å²) in [6.45, 7) is 0.0425. The van der Waals surface area contributed by atoms with E-state index in [0.717, 1.165) is 10.9 Å². The monoisotopic (exact) mass is 274 g/mol. The Bertz CT molecular complexity index is 660. The quantitative estimate of drug-likeness (QED) is 0.816. The zero-order chi connectivity index (χ0) is 14.9. The summed E-state index contributed by atoms with van der Waals surface area (Å²) < 4.78 is 0.